The van der Waals surface area contributed by atoms with Crippen LogP contribution in [0.25, 0.3) is 0 Å². The Bertz CT molecular complexity index is 600. The molecule has 0 spiro atoms. The SMILES string of the molecule is CC(C)(C)c1ccc(SCc2cccc(CN)c2F)cc1. The molecule has 0 radical (unpaired) electrons. The fourth-order valence-electron chi connectivity index (χ4n) is 2.11. The zero-order chi connectivity index (χ0) is 15.5. The van der Waals surface area contributed by atoms with Crippen molar-refractivity contribution < 1.29 is 4.39 Å². The standard InChI is InChI=1S/C18H22FNS/c1-18(2,3)15-7-9-16(10-8-15)21-12-14-6-4-5-13(11-20)17(14)19/h4-10H,11-12,20H2,1-3H3. The Balaban J connectivity index is 2.07. The maximum Gasteiger partial charge on any atom is 0.131 e. The van der Waals surface area contributed by atoms with Crippen LogP contribution in [0, 0.1) is 5.82 Å². The molecular formula is C18H22FNS. The third-order valence-electron chi connectivity index (χ3n) is 3.49. The molecule has 2 aromatic rings. The van der Waals surface area contributed by atoms with Gasteiger partial charge in [0.05, 0.1) is 0 Å². The fourth-order valence-corrected chi connectivity index (χ4v) is 2.99. The molecule has 0 amide bonds. The lowest BCUT2D eigenvalue weighted by Gasteiger charge is -2.19. The van der Waals surface area contributed by atoms with Gasteiger partial charge in [-0.25, -0.2) is 4.39 Å². The minimum atomic E-state index is -0.168. The number of nitrogens with two attached hydrogens (primary N) is 1. The van der Waals surface area contributed by atoms with Crippen molar-refractivity contribution in [3.05, 3.63) is 65.0 Å². The van der Waals surface area contributed by atoms with E-state index in [9.17, 15) is 4.39 Å². The van der Waals surface area contributed by atoms with Gasteiger partial charge in [-0.3, -0.25) is 0 Å². The minimum Gasteiger partial charge on any atom is -0.326 e. The Morgan fingerprint density at radius 1 is 1.00 bits per heavy atom. The van der Waals surface area contributed by atoms with Crippen molar-refractivity contribution in [2.75, 3.05) is 0 Å². The van der Waals surface area contributed by atoms with Gasteiger partial charge in [0.2, 0.25) is 0 Å². The van der Waals surface area contributed by atoms with Crippen molar-refractivity contribution >= 4 is 11.8 Å². The molecule has 0 saturated carbocycles. The summed E-state index contributed by atoms with van der Waals surface area (Å²) in [5.41, 5.74) is 8.29. The third-order valence-corrected chi connectivity index (χ3v) is 4.55. The van der Waals surface area contributed by atoms with Crippen LogP contribution in [0.4, 0.5) is 4.39 Å². The average Bonchev–Trinajstić information content (AvgIpc) is 2.46. The van der Waals surface area contributed by atoms with Crippen LogP contribution in [-0.2, 0) is 17.7 Å². The molecule has 21 heavy (non-hydrogen) atoms. The molecule has 0 aliphatic heterocycles. The number of halogens is 1. The van der Waals surface area contributed by atoms with Gasteiger partial charge < -0.3 is 5.73 Å². The van der Waals surface area contributed by atoms with E-state index >= 15 is 0 Å². The zero-order valence-corrected chi connectivity index (χ0v) is 13.6. The van der Waals surface area contributed by atoms with E-state index in [1.807, 2.05) is 12.1 Å². The largest absolute Gasteiger partial charge is 0.326 e. The fraction of sp³-hybridized carbons (Fsp3) is 0.333. The summed E-state index contributed by atoms with van der Waals surface area (Å²) in [6, 6.07) is 13.9. The molecule has 0 aromatic heterocycles. The third kappa shape index (κ3) is 4.08. The Morgan fingerprint density at radius 3 is 2.19 bits per heavy atom. The highest BCUT2D eigenvalue weighted by Crippen LogP contribution is 2.28. The van der Waals surface area contributed by atoms with Crippen molar-refractivity contribution in [1.29, 1.82) is 0 Å². The van der Waals surface area contributed by atoms with E-state index in [2.05, 4.69) is 45.0 Å². The van der Waals surface area contributed by atoms with E-state index in [-0.39, 0.29) is 17.8 Å². The molecule has 2 aromatic carbocycles. The first-order valence-electron chi connectivity index (χ1n) is 7.11. The zero-order valence-electron chi connectivity index (χ0n) is 12.8. The lowest BCUT2D eigenvalue weighted by molar-refractivity contribution is 0.590. The van der Waals surface area contributed by atoms with E-state index in [0.29, 0.717) is 16.9 Å². The highest BCUT2D eigenvalue weighted by molar-refractivity contribution is 7.98. The highest BCUT2D eigenvalue weighted by atomic mass is 32.2. The Labute approximate surface area is 130 Å². The van der Waals surface area contributed by atoms with Crippen LogP contribution >= 0.6 is 11.8 Å². The summed E-state index contributed by atoms with van der Waals surface area (Å²) in [4.78, 5) is 1.15. The Hall–Kier alpha value is -1.32. The Morgan fingerprint density at radius 2 is 1.62 bits per heavy atom. The van der Waals surface area contributed by atoms with Gasteiger partial charge in [-0.1, -0.05) is 51.1 Å². The van der Waals surface area contributed by atoms with Gasteiger partial charge in [0.15, 0.2) is 0 Å². The number of hydrogen-bond acceptors (Lipinski definition) is 2. The summed E-state index contributed by atoms with van der Waals surface area (Å²) in [6.07, 6.45) is 0. The topological polar surface area (TPSA) is 26.0 Å². The molecule has 112 valence electrons. The van der Waals surface area contributed by atoms with Crippen LogP contribution in [0.15, 0.2) is 47.4 Å². The van der Waals surface area contributed by atoms with Crippen molar-refractivity contribution in [2.24, 2.45) is 5.73 Å². The number of benzene rings is 2. The van der Waals surface area contributed by atoms with E-state index in [0.717, 1.165) is 4.90 Å². The molecule has 0 atom stereocenters. The number of rotatable bonds is 4. The number of thioether (sulfide) groups is 1. The van der Waals surface area contributed by atoms with Crippen LogP contribution < -0.4 is 5.73 Å². The van der Waals surface area contributed by atoms with Gasteiger partial charge in [-0.15, -0.1) is 11.8 Å². The van der Waals surface area contributed by atoms with E-state index < -0.39 is 0 Å². The van der Waals surface area contributed by atoms with Crippen LogP contribution in [0.5, 0.6) is 0 Å². The van der Waals surface area contributed by atoms with Gasteiger partial charge in [0.1, 0.15) is 5.82 Å². The highest BCUT2D eigenvalue weighted by Gasteiger charge is 2.13. The maximum atomic E-state index is 14.1. The lowest BCUT2D eigenvalue weighted by Crippen LogP contribution is -2.10. The molecule has 1 nitrogen and oxygen atoms in total. The van der Waals surface area contributed by atoms with Gasteiger partial charge >= 0.3 is 0 Å². The summed E-state index contributed by atoms with van der Waals surface area (Å²) in [5, 5.41) is 0. The monoisotopic (exact) mass is 303 g/mol. The summed E-state index contributed by atoms with van der Waals surface area (Å²) < 4.78 is 14.1. The van der Waals surface area contributed by atoms with Crippen molar-refractivity contribution in [3.8, 4) is 0 Å². The normalized spacial score (nSPS) is 11.7. The van der Waals surface area contributed by atoms with Gasteiger partial charge in [0, 0.05) is 22.8 Å². The van der Waals surface area contributed by atoms with Gasteiger partial charge in [-0.2, -0.15) is 0 Å². The first-order valence-corrected chi connectivity index (χ1v) is 8.10. The second kappa shape index (κ2) is 6.63. The lowest BCUT2D eigenvalue weighted by atomic mass is 9.87. The van der Waals surface area contributed by atoms with Crippen molar-refractivity contribution in [2.45, 2.75) is 43.4 Å². The molecule has 0 fully saturated rings. The molecule has 2 rings (SSSR count). The van der Waals surface area contributed by atoms with Crippen LogP contribution in [-0.4, -0.2) is 0 Å². The second-order valence-electron chi connectivity index (χ2n) is 6.16. The summed E-state index contributed by atoms with van der Waals surface area (Å²) >= 11 is 1.65. The quantitative estimate of drug-likeness (QED) is 0.815. The molecule has 2 N–H and O–H groups in total. The van der Waals surface area contributed by atoms with Crippen molar-refractivity contribution in [1.82, 2.24) is 0 Å². The predicted octanol–water partition coefficient (Wildman–Crippen LogP) is 4.87. The number of hydrogen-bond donors (Lipinski definition) is 1. The van der Waals surface area contributed by atoms with E-state index in [4.69, 9.17) is 5.73 Å². The molecule has 0 aliphatic carbocycles. The van der Waals surface area contributed by atoms with Crippen molar-refractivity contribution in [3.63, 3.8) is 0 Å². The van der Waals surface area contributed by atoms with Crippen LogP contribution in [0.1, 0.15) is 37.5 Å². The second-order valence-corrected chi connectivity index (χ2v) is 7.21. The summed E-state index contributed by atoms with van der Waals surface area (Å²) in [6.45, 7) is 6.83. The Kier molecular flexibility index (Phi) is 5.07. The predicted molar refractivity (Wildman–Crippen MR) is 89.0 cm³/mol. The molecule has 0 saturated heterocycles. The van der Waals surface area contributed by atoms with E-state index in [1.165, 1.54) is 5.56 Å². The van der Waals surface area contributed by atoms with Crippen LogP contribution in [0.3, 0.4) is 0 Å². The molecular weight excluding hydrogens is 281 g/mol. The molecule has 0 bridgehead atoms. The average molecular weight is 303 g/mol. The maximum absolute atomic E-state index is 14.1. The summed E-state index contributed by atoms with van der Waals surface area (Å²) in [5.74, 6) is 0.452. The first-order chi connectivity index (χ1) is 9.91. The molecule has 0 unspecified atom stereocenters. The van der Waals surface area contributed by atoms with Crippen LogP contribution in [0.2, 0.25) is 0 Å². The molecule has 0 heterocycles. The van der Waals surface area contributed by atoms with Gasteiger partial charge in [-0.05, 0) is 28.7 Å². The minimum absolute atomic E-state index is 0.158. The molecule has 0 aliphatic rings. The first kappa shape index (κ1) is 16.1. The van der Waals surface area contributed by atoms with E-state index in [1.54, 1.807) is 17.8 Å². The smallest absolute Gasteiger partial charge is 0.131 e. The van der Waals surface area contributed by atoms with Gasteiger partial charge in [0.25, 0.3) is 0 Å². The summed E-state index contributed by atoms with van der Waals surface area (Å²) in [7, 11) is 0. The molecule has 3 heteroatoms.